The fourth-order valence-electron chi connectivity index (χ4n) is 7.17. The minimum absolute atomic E-state index is 0.0204. The molecule has 0 aliphatic carbocycles. The quantitative estimate of drug-likeness (QED) is 0.0178. The molecule has 72 heavy (non-hydrogen) atoms. The highest BCUT2D eigenvalue weighted by Crippen LogP contribution is 2.26. The summed E-state index contributed by atoms with van der Waals surface area (Å²) in [5.74, 6) is -1.10. The lowest BCUT2D eigenvalue weighted by atomic mass is 9.98. The van der Waals surface area contributed by atoms with E-state index in [-0.39, 0.29) is 19.4 Å². The van der Waals surface area contributed by atoms with Gasteiger partial charge in [-0.25, -0.2) is 0 Å². The maximum Gasteiger partial charge on any atom is 0.306 e. The zero-order valence-corrected chi connectivity index (χ0v) is 42.9. The Labute approximate surface area is 429 Å². The molecule has 15 nitrogen and oxygen atoms in total. The fraction of sp³-hybridized carbons (Fsp3) is 0.614. The molecule has 406 valence electrons. The van der Waals surface area contributed by atoms with E-state index in [9.17, 15) is 45.3 Å². The van der Waals surface area contributed by atoms with Gasteiger partial charge in [0, 0.05) is 12.8 Å². The molecule has 2 aliphatic heterocycles. The van der Waals surface area contributed by atoms with Crippen LogP contribution in [0.4, 0.5) is 0 Å². The second kappa shape index (κ2) is 42.3. The first kappa shape index (κ1) is 64.0. The molecule has 2 saturated heterocycles. The fourth-order valence-corrected chi connectivity index (χ4v) is 7.17. The third-order valence-corrected chi connectivity index (χ3v) is 11.4. The minimum atomic E-state index is -1.79. The Kier molecular flexibility index (Phi) is 37.6. The van der Waals surface area contributed by atoms with Crippen molar-refractivity contribution >= 4 is 11.9 Å². The second-order valence-corrected chi connectivity index (χ2v) is 17.6. The number of aliphatic hydroxyl groups excluding tert-OH is 7. The number of unbranched alkanes of at least 4 members (excludes halogenated alkanes) is 4. The molecule has 15 heteroatoms. The molecule has 4 unspecified atom stereocenters. The van der Waals surface area contributed by atoms with Gasteiger partial charge in [-0.15, -0.1) is 0 Å². The van der Waals surface area contributed by atoms with Gasteiger partial charge in [-0.3, -0.25) is 9.59 Å². The van der Waals surface area contributed by atoms with E-state index in [2.05, 4.69) is 105 Å². The summed E-state index contributed by atoms with van der Waals surface area (Å²) in [4.78, 5) is 25.7. The van der Waals surface area contributed by atoms with E-state index in [4.69, 9.17) is 28.4 Å². The van der Waals surface area contributed by atoms with Gasteiger partial charge in [-0.2, -0.15) is 0 Å². The van der Waals surface area contributed by atoms with E-state index in [1.807, 2.05) is 30.4 Å². The molecule has 0 saturated carbocycles. The molecular weight excluding hydrogens is 925 g/mol. The Balaban J connectivity index is 1.87. The molecule has 2 fully saturated rings. The van der Waals surface area contributed by atoms with Gasteiger partial charge in [0.2, 0.25) is 0 Å². The highest BCUT2D eigenvalue weighted by Gasteiger charge is 2.47. The Morgan fingerprint density at radius 1 is 0.458 bits per heavy atom. The molecular formula is C57H88O15. The van der Waals surface area contributed by atoms with Crippen molar-refractivity contribution in [3.63, 3.8) is 0 Å². The van der Waals surface area contributed by atoms with Crippen molar-refractivity contribution in [1.29, 1.82) is 0 Å². The summed E-state index contributed by atoms with van der Waals surface area (Å²) in [5, 5.41) is 72.1. The van der Waals surface area contributed by atoms with Crippen LogP contribution in [-0.4, -0.2) is 142 Å². The molecule has 2 heterocycles. The van der Waals surface area contributed by atoms with Crippen molar-refractivity contribution in [2.75, 3.05) is 26.4 Å². The maximum absolute atomic E-state index is 13.0. The SMILES string of the molecule is CC/C=C/C/C=C/C/C=C/C/C=C/C/C=C/C/C=C/CCC(=O)O[C@H](COC(=O)CCC/C=C/C/C=C/C/C=C/C/C=C/CCCCC)CO[C@H]1O[C@@H](CO[C@H]2O[C@@H](CO)[C@@H](O)C(O)C2O)[C@@H](O)C(O)C1O. The van der Waals surface area contributed by atoms with E-state index in [0.717, 1.165) is 57.8 Å². The van der Waals surface area contributed by atoms with Crippen molar-refractivity contribution in [3.8, 4) is 0 Å². The molecule has 0 aromatic rings. The summed E-state index contributed by atoms with van der Waals surface area (Å²) in [6, 6.07) is 0. The van der Waals surface area contributed by atoms with E-state index >= 15 is 0 Å². The van der Waals surface area contributed by atoms with Crippen molar-refractivity contribution in [2.24, 2.45) is 0 Å². The van der Waals surface area contributed by atoms with Gasteiger partial charge >= 0.3 is 11.9 Å². The number of carbonyl (C=O) groups is 2. The largest absolute Gasteiger partial charge is 0.462 e. The number of rotatable bonds is 38. The van der Waals surface area contributed by atoms with Gasteiger partial charge in [0.05, 0.1) is 19.8 Å². The third kappa shape index (κ3) is 29.6. The molecule has 7 N–H and O–H groups in total. The molecule has 0 bridgehead atoms. The zero-order chi connectivity index (χ0) is 52.4. The Hall–Kier alpha value is -4.10. The van der Waals surface area contributed by atoms with Crippen LogP contribution in [0.3, 0.4) is 0 Å². The summed E-state index contributed by atoms with van der Waals surface area (Å²) < 4.78 is 33.4. The monoisotopic (exact) mass is 1010 g/mol. The summed E-state index contributed by atoms with van der Waals surface area (Å²) in [7, 11) is 0. The lowest BCUT2D eigenvalue weighted by Crippen LogP contribution is -2.61. The first-order valence-electron chi connectivity index (χ1n) is 26.1. The first-order chi connectivity index (χ1) is 35.0. The standard InChI is InChI=1S/C57H88O15/c1-3-5-7-9-11-13-15-17-19-21-22-24-26-28-30-32-34-36-38-40-49(60)70-45(42-67-48(59)39-37-35-33-31-29-27-25-23-20-18-16-14-12-10-8-6-4-2)43-68-56-55(66)53(64)51(62)47(72-56)44-69-57-54(65)52(63)50(61)46(41-58)71-57/h5,7,11-14,17-20,22,24-25,27-28,30-31,33-34,36,45-47,50-58,61-66H,3-4,6,8-10,15-16,21,23,26,29,32,35,37-44H2,1-2H3/b7-5+,13-11+,14-12+,19-17+,20-18+,24-22+,27-25+,30-28+,33-31+,36-34+/t45-,46+,47+,50-,51-,52?,53?,54?,55?,56+,57+/m1/s1. The summed E-state index contributed by atoms with van der Waals surface area (Å²) in [6.45, 7) is 2.28. The van der Waals surface area contributed by atoms with Gasteiger partial charge in [0.25, 0.3) is 0 Å². The van der Waals surface area contributed by atoms with Gasteiger partial charge in [0.15, 0.2) is 18.7 Å². The van der Waals surface area contributed by atoms with Crippen LogP contribution in [0.2, 0.25) is 0 Å². The molecule has 0 radical (unpaired) electrons. The lowest BCUT2D eigenvalue weighted by molar-refractivity contribution is -0.332. The number of hydrogen-bond donors (Lipinski definition) is 7. The van der Waals surface area contributed by atoms with Gasteiger partial charge < -0.3 is 64.2 Å². The maximum atomic E-state index is 13.0. The number of esters is 2. The van der Waals surface area contributed by atoms with Crippen LogP contribution in [0.25, 0.3) is 0 Å². The lowest BCUT2D eigenvalue weighted by Gasteiger charge is -2.42. The number of allylic oxidation sites excluding steroid dienone is 20. The van der Waals surface area contributed by atoms with E-state index < -0.39 is 99.3 Å². The van der Waals surface area contributed by atoms with Gasteiger partial charge in [-0.1, -0.05) is 148 Å². The summed E-state index contributed by atoms with van der Waals surface area (Å²) in [5.41, 5.74) is 0. The molecule has 0 amide bonds. The molecule has 0 aromatic carbocycles. The van der Waals surface area contributed by atoms with Crippen molar-refractivity contribution in [2.45, 2.75) is 197 Å². The first-order valence-corrected chi connectivity index (χ1v) is 26.1. The van der Waals surface area contributed by atoms with Crippen molar-refractivity contribution in [1.82, 2.24) is 0 Å². The van der Waals surface area contributed by atoms with E-state index in [0.29, 0.717) is 25.7 Å². The van der Waals surface area contributed by atoms with Crippen LogP contribution >= 0.6 is 0 Å². The number of ether oxygens (including phenoxy) is 6. The predicted octanol–water partition coefficient (Wildman–Crippen LogP) is 7.71. The van der Waals surface area contributed by atoms with Crippen LogP contribution in [0, 0.1) is 0 Å². The van der Waals surface area contributed by atoms with Crippen LogP contribution < -0.4 is 0 Å². The molecule has 2 rings (SSSR count). The van der Waals surface area contributed by atoms with Crippen LogP contribution in [0.15, 0.2) is 122 Å². The van der Waals surface area contributed by atoms with Crippen LogP contribution in [0.5, 0.6) is 0 Å². The van der Waals surface area contributed by atoms with Crippen molar-refractivity contribution < 1.29 is 73.8 Å². The molecule has 11 atom stereocenters. The number of aliphatic hydroxyl groups is 7. The Bertz CT molecular complexity index is 1710. The average molecular weight is 1010 g/mol. The number of carbonyl (C=O) groups excluding carboxylic acids is 2. The molecule has 0 aromatic heterocycles. The summed E-state index contributed by atoms with van der Waals surface area (Å²) >= 11 is 0. The van der Waals surface area contributed by atoms with Crippen LogP contribution in [0.1, 0.15) is 129 Å². The molecule has 2 aliphatic rings. The smallest absolute Gasteiger partial charge is 0.306 e. The van der Waals surface area contributed by atoms with E-state index in [1.54, 1.807) is 0 Å². The van der Waals surface area contributed by atoms with E-state index in [1.165, 1.54) is 19.3 Å². The zero-order valence-electron chi connectivity index (χ0n) is 42.9. The summed E-state index contributed by atoms with van der Waals surface area (Å²) in [6.07, 6.45) is 39.6. The average Bonchev–Trinajstić information content (AvgIpc) is 3.37. The van der Waals surface area contributed by atoms with Gasteiger partial charge in [-0.05, 0) is 89.9 Å². The Morgan fingerprint density at radius 2 is 0.889 bits per heavy atom. The minimum Gasteiger partial charge on any atom is -0.462 e. The normalized spacial score (nSPS) is 26.0. The highest BCUT2D eigenvalue weighted by molar-refractivity contribution is 5.70. The number of hydrogen-bond acceptors (Lipinski definition) is 15. The topological polar surface area (TPSA) is 231 Å². The van der Waals surface area contributed by atoms with Crippen molar-refractivity contribution in [3.05, 3.63) is 122 Å². The predicted molar refractivity (Wildman–Crippen MR) is 279 cm³/mol. The third-order valence-electron chi connectivity index (χ3n) is 11.4. The van der Waals surface area contributed by atoms with Gasteiger partial charge in [0.1, 0.15) is 55.4 Å². The van der Waals surface area contributed by atoms with Crippen LogP contribution in [-0.2, 0) is 38.0 Å². The second-order valence-electron chi connectivity index (χ2n) is 17.6. The Morgan fingerprint density at radius 3 is 1.38 bits per heavy atom. The molecule has 0 spiro atoms. The highest BCUT2D eigenvalue weighted by atomic mass is 16.7.